The molecule has 0 spiro atoms. The van der Waals surface area contributed by atoms with Crippen molar-refractivity contribution in [3.05, 3.63) is 35.4 Å². The number of hydrogen-bond acceptors (Lipinski definition) is 1. The molecule has 0 aromatic heterocycles. The second-order valence-electron chi connectivity index (χ2n) is 2.00. The Morgan fingerprint density at radius 2 is 1.79 bits per heavy atom. The first-order valence-electron chi connectivity index (χ1n) is 3.29. The lowest BCUT2D eigenvalue weighted by atomic mass is 10.2. The molecule has 0 aliphatic carbocycles. The van der Waals surface area contributed by atoms with E-state index in [-0.39, 0.29) is 5.34 Å². The van der Waals surface area contributed by atoms with Gasteiger partial charge in [0.25, 0.3) is 5.24 Å². The maximum absolute atomic E-state index is 12.5. The van der Waals surface area contributed by atoms with E-state index in [4.69, 9.17) is 34.8 Å². The second-order valence-corrected chi connectivity index (χ2v) is 3.15. The van der Waals surface area contributed by atoms with Gasteiger partial charge in [-0.1, -0.05) is 0 Å². The van der Waals surface area contributed by atoms with E-state index < -0.39 is 22.4 Å². The number of hydrogen-bond donors (Lipinski definition) is 0. The molecule has 0 amide bonds. The maximum Gasteiger partial charge on any atom is 0.255 e. The monoisotopic (exact) mass is 260 g/mol. The average Bonchev–Trinajstić information content (AvgIpc) is 2.10. The van der Waals surface area contributed by atoms with Crippen LogP contribution >= 0.6 is 34.8 Å². The number of carbonyl (C=O) groups excluding carboxylic acids is 1. The third-order valence-corrected chi connectivity index (χ3v) is 1.34. The van der Waals surface area contributed by atoms with Gasteiger partial charge >= 0.3 is 0 Å². The third kappa shape index (κ3) is 4.74. The molecular weight excluding hydrogens is 256 g/mol. The summed E-state index contributed by atoms with van der Waals surface area (Å²) >= 11 is 14.5. The summed E-state index contributed by atoms with van der Waals surface area (Å²) in [6.45, 7) is 0. The zero-order valence-electron chi connectivity index (χ0n) is 6.74. The topological polar surface area (TPSA) is 17.1 Å². The first-order chi connectivity index (χ1) is 6.52. The quantitative estimate of drug-likeness (QED) is 0.555. The van der Waals surface area contributed by atoms with Crippen LogP contribution < -0.4 is 0 Å². The van der Waals surface area contributed by atoms with Crippen molar-refractivity contribution in [2.45, 2.75) is 0 Å². The van der Waals surface area contributed by atoms with E-state index in [0.29, 0.717) is 0 Å². The molecule has 0 aliphatic heterocycles. The zero-order chi connectivity index (χ0) is 11.1. The maximum atomic E-state index is 12.5. The molecule has 0 atom stereocenters. The Kier molecular flexibility index (Phi) is 6.79. The molecule has 0 bridgehead atoms. The predicted molar refractivity (Wildman–Crippen MR) is 53.1 cm³/mol. The number of rotatable bonds is 1. The fraction of sp³-hybridized carbons (Fsp3) is 0.125. The Morgan fingerprint density at radius 1 is 1.29 bits per heavy atom. The highest BCUT2D eigenvalue weighted by molar-refractivity contribution is 6.67. The van der Waals surface area contributed by atoms with Crippen LogP contribution in [0.1, 0.15) is 10.4 Å². The van der Waals surface area contributed by atoms with Gasteiger partial charge in [0.15, 0.2) is 0 Å². The van der Waals surface area contributed by atoms with Crippen LogP contribution in [0.3, 0.4) is 0 Å². The van der Waals surface area contributed by atoms with Gasteiger partial charge < -0.3 is 0 Å². The van der Waals surface area contributed by atoms with Gasteiger partial charge in [0.1, 0.15) is 11.6 Å². The summed E-state index contributed by atoms with van der Waals surface area (Å²) in [6.07, 6.45) is 0. The molecular formula is C8H5Cl3F2O. The molecule has 0 radical (unpaired) electrons. The van der Waals surface area contributed by atoms with Gasteiger partial charge in [0.2, 0.25) is 0 Å². The van der Waals surface area contributed by atoms with E-state index in [0.717, 1.165) is 18.2 Å². The molecule has 0 aliphatic rings. The summed E-state index contributed by atoms with van der Waals surface area (Å²) in [5.41, 5.74) is -0.438. The van der Waals surface area contributed by atoms with Gasteiger partial charge in [-0.05, 0) is 29.8 Å². The van der Waals surface area contributed by atoms with Crippen molar-refractivity contribution < 1.29 is 13.6 Å². The van der Waals surface area contributed by atoms with Crippen LogP contribution in [-0.2, 0) is 0 Å². The van der Waals surface area contributed by atoms with Crippen LogP contribution in [-0.4, -0.2) is 10.6 Å². The Balaban J connectivity index is 0.000000500. The molecule has 0 unspecified atom stereocenters. The molecule has 0 heterocycles. The smallest absolute Gasteiger partial charge is 0.255 e. The predicted octanol–water partition coefficient (Wildman–Crippen LogP) is 3.77. The second kappa shape index (κ2) is 6.98. The van der Waals surface area contributed by atoms with Gasteiger partial charge in [0, 0.05) is 0 Å². The zero-order valence-corrected chi connectivity index (χ0v) is 9.01. The Morgan fingerprint density at radius 3 is 2.14 bits per heavy atom. The van der Waals surface area contributed by atoms with Crippen molar-refractivity contribution in [2.75, 3.05) is 5.34 Å². The van der Waals surface area contributed by atoms with Crippen LogP contribution in [0.4, 0.5) is 8.78 Å². The first-order valence-corrected chi connectivity index (χ1v) is 4.74. The fourth-order valence-corrected chi connectivity index (χ4v) is 0.793. The molecule has 0 fully saturated rings. The van der Waals surface area contributed by atoms with Crippen LogP contribution in [0.15, 0.2) is 18.2 Å². The van der Waals surface area contributed by atoms with E-state index in [1.807, 2.05) is 0 Å². The molecule has 6 heteroatoms. The summed E-state index contributed by atoms with van der Waals surface area (Å²) < 4.78 is 24.9. The van der Waals surface area contributed by atoms with E-state index in [1.165, 1.54) is 0 Å². The molecule has 1 rings (SSSR count). The van der Waals surface area contributed by atoms with Crippen molar-refractivity contribution in [2.24, 2.45) is 0 Å². The van der Waals surface area contributed by atoms with Crippen molar-refractivity contribution in [1.82, 2.24) is 0 Å². The lowest BCUT2D eigenvalue weighted by Gasteiger charge is -1.94. The Bertz CT molecular complexity index is 317. The Labute approximate surface area is 94.6 Å². The van der Waals surface area contributed by atoms with E-state index >= 15 is 0 Å². The molecule has 0 saturated heterocycles. The van der Waals surface area contributed by atoms with Crippen LogP contribution in [0.5, 0.6) is 0 Å². The minimum absolute atomic E-state index is 0.194. The summed E-state index contributed by atoms with van der Waals surface area (Å²) in [7, 11) is 0. The highest BCUT2D eigenvalue weighted by Crippen LogP contribution is 2.11. The molecule has 0 N–H and O–H groups in total. The molecule has 1 aromatic rings. The van der Waals surface area contributed by atoms with Crippen LogP contribution in [0.25, 0.3) is 0 Å². The van der Waals surface area contributed by atoms with Crippen molar-refractivity contribution in [3.8, 4) is 0 Å². The lowest BCUT2D eigenvalue weighted by Crippen LogP contribution is -1.94. The summed E-state index contributed by atoms with van der Waals surface area (Å²) in [5.74, 6) is -1.50. The van der Waals surface area contributed by atoms with Crippen LogP contribution in [0, 0.1) is 11.6 Å². The van der Waals surface area contributed by atoms with Gasteiger partial charge in [-0.3, -0.25) is 4.79 Å². The van der Waals surface area contributed by atoms with E-state index in [2.05, 4.69) is 0 Å². The van der Waals surface area contributed by atoms with Gasteiger partial charge in [-0.25, -0.2) is 8.78 Å². The third-order valence-electron chi connectivity index (χ3n) is 1.14. The first kappa shape index (κ1) is 13.6. The standard InChI is InChI=1S/C7H3ClF2O.CH2Cl2/c8-7(11)5-3-4(9)1-2-6(5)10;2-1-3/h1-3H;1H2. The molecule has 1 aromatic carbocycles. The number of carbonyl (C=O) groups is 1. The largest absolute Gasteiger partial charge is 0.275 e. The molecule has 0 saturated carbocycles. The van der Waals surface area contributed by atoms with E-state index in [9.17, 15) is 13.6 Å². The van der Waals surface area contributed by atoms with Crippen molar-refractivity contribution >= 4 is 40.0 Å². The average molecular weight is 261 g/mol. The summed E-state index contributed by atoms with van der Waals surface area (Å²) in [5, 5.41) is -0.804. The number of benzene rings is 1. The van der Waals surface area contributed by atoms with Gasteiger partial charge in [-0.2, -0.15) is 0 Å². The Hall–Kier alpha value is -0.380. The summed E-state index contributed by atoms with van der Waals surface area (Å²) in [4.78, 5) is 10.4. The highest BCUT2D eigenvalue weighted by atomic mass is 35.5. The van der Waals surface area contributed by atoms with Crippen molar-refractivity contribution in [3.63, 3.8) is 0 Å². The van der Waals surface area contributed by atoms with Crippen molar-refractivity contribution in [1.29, 1.82) is 0 Å². The fourth-order valence-electron chi connectivity index (χ4n) is 0.648. The van der Waals surface area contributed by atoms with Crippen LogP contribution in [0.2, 0.25) is 0 Å². The van der Waals surface area contributed by atoms with Gasteiger partial charge in [0.05, 0.1) is 10.9 Å². The number of halogens is 5. The SMILES string of the molecule is ClCCl.O=C(Cl)c1cc(F)ccc1F. The number of alkyl halides is 2. The molecule has 78 valence electrons. The molecule has 14 heavy (non-hydrogen) atoms. The molecule has 1 nitrogen and oxygen atoms in total. The minimum atomic E-state index is -0.998. The highest BCUT2D eigenvalue weighted by Gasteiger charge is 2.09. The normalized spacial score (nSPS) is 8.93. The minimum Gasteiger partial charge on any atom is -0.275 e. The van der Waals surface area contributed by atoms with E-state index in [1.54, 1.807) is 0 Å². The lowest BCUT2D eigenvalue weighted by molar-refractivity contribution is 0.107. The van der Waals surface area contributed by atoms with Gasteiger partial charge in [-0.15, -0.1) is 23.2 Å². The summed E-state index contributed by atoms with van der Waals surface area (Å²) in [6, 6.07) is 2.52.